The van der Waals surface area contributed by atoms with Gasteiger partial charge in [0.1, 0.15) is 0 Å². The van der Waals surface area contributed by atoms with E-state index in [1.54, 1.807) is 0 Å². The van der Waals surface area contributed by atoms with Crippen LogP contribution in [0.1, 0.15) is 50.3 Å². The minimum Gasteiger partial charge on any atom is -0.310 e. The lowest BCUT2D eigenvalue weighted by molar-refractivity contribution is 0.318. The zero-order valence-electron chi connectivity index (χ0n) is 26.0. The zero-order valence-corrected chi connectivity index (χ0v) is 26.0. The standard InChI is InChI=1S/C42H38N2/c1-27-15-17-31(18-16-27)42(37-23-29(3)30(26-43)24-36(37)41(4)21-8-7-14-40(41)42)32-19-20-39-35(25-32)34-12-5-6-13-38(34)44(39)33-11-9-10-28(2)22-33/h5-9,11-22,24-25,28-29,40H,10,23H2,1-4H3. The van der Waals surface area contributed by atoms with Crippen molar-refractivity contribution in [2.45, 2.75) is 46.0 Å². The lowest BCUT2D eigenvalue weighted by atomic mass is 9.58. The smallest absolute Gasteiger partial charge is 0.0950 e. The molecule has 0 N–H and O–H groups in total. The monoisotopic (exact) mass is 570 g/mol. The third-order valence-corrected chi connectivity index (χ3v) is 11.0. The van der Waals surface area contributed by atoms with Gasteiger partial charge < -0.3 is 4.57 Å². The molecule has 4 aliphatic rings. The van der Waals surface area contributed by atoms with Crippen LogP contribution in [0.4, 0.5) is 0 Å². The van der Waals surface area contributed by atoms with E-state index in [0.717, 1.165) is 18.4 Å². The normalized spacial score (nSPS) is 29.0. The number of hydrogen-bond acceptors (Lipinski definition) is 1. The first-order valence-electron chi connectivity index (χ1n) is 16.1. The maximum Gasteiger partial charge on any atom is 0.0950 e. The van der Waals surface area contributed by atoms with E-state index in [1.807, 2.05) is 0 Å². The van der Waals surface area contributed by atoms with Gasteiger partial charge in [-0.25, -0.2) is 0 Å². The summed E-state index contributed by atoms with van der Waals surface area (Å²) in [5, 5.41) is 12.7. The van der Waals surface area contributed by atoms with Crippen molar-refractivity contribution in [3.8, 4) is 6.07 Å². The maximum absolute atomic E-state index is 10.1. The third-order valence-electron chi connectivity index (χ3n) is 11.0. The minimum atomic E-state index is -0.360. The Kier molecular flexibility index (Phi) is 5.95. The lowest BCUT2D eigenvalue weighted by Gasteiger charge is -2.44. The molecule has 5 unspecified atom stereocenters. The molecule has 5 atom stereocenters. The fraction of sp³-hybridized carbons (Fsp3) is 0.262. The first kappa shape index (κ1) is 27.0. The highest BCUT2D eigenvalue weighted by Crippen LogP contribution is 2.66. The van der Waals surface area contributed by atoms with Gasteiger partial charge in [-0.05, 0) is 84.2 Å². The Hall–Kier alpha value is -4.61. The number of para-hydroxylation sites is 1. The van der Waals surface area contributed by atoms with Crippen molar-refractivity contribution < 1.29 is 0 Å². The van der Waals surface area contributed by atoms with Gasteiger partial charge in [-0.1, -0.05) is 111 Å². The number of nitriles is 1. The summed E-state index contributed by atoms with van der Waals surface area (Å²) in [4.78, 5) is 0. The Morgan fingerprint density at radius 3 is 2.48 bits per heavy atom. The molecule has 1 heterocycles. The largest absolute Gasteiger partial charge is 0.310 e. The Balaban J connectivity index is 1.47. The van der Waals surface area contributed by atoms with Gasteiger partial charge >= 0.3 is 0 Å². The number of nitrogens with zero attached hydrogens (tertiary/aromatic N) is 2. The number of aromatic nitrogens is 1. The molecule has 2 heteroatoms. The molecule has 216 valence electrons. The summed E-state index contributed by atoms with van der Waals surface area (Å²) >= 11 is 0. The summed E-state index contributed by atoms with van der Waals surface area (Å²) in [6.07, 6.45) is 20.5. The van der Waals surface area contributed by atoms with Crippen molar-refractivity contribution in [3.05, 3.63) is 149 Å². The highest BCUT2D eigenvalue weighted by atomic mass is 15.0. The summed E-state index contributed by atoms with van der Waals surface area (Å²) in [5.41, 5.74) is 10.8. The van der Waals surface area contributed by atoms with Crippen molar-refractivity contribution in [2.75, 3.05) is 0 Å². The van der Waals surface area contributed by atoms with E-state index >= 15 is 0 Å². The van der Waals surface area contributed by atoms with Gasteiger partial charge in [-0.2, -0.15) is 5.26 Å². The Morgan fingerprint density at radius 2 is 1.68 bits per heavy atom. The average molecular weight is 571 g/mol. The quantitative estimate of drug-likeness (QED) is 0.241. The van der Waals surface area contributed by atoms with Crippen LogP contribution in [0.25, 0.3) is 27.5 Å². The van der Waals surface area contributed by atoms with Gasteiger partial charge in [0.25, 0.3) is 0 Å². The molecule has 0 saturated carbocycles. The van der Waals surface area contributed by atoms with Crippen molar-refractivity contribution in [1.29, 1.82) is 5.26 Å². The van der Waals surface area contributed by atoms with Crippen molar-refractivity contribution in [2.24, 2.45) is 23.2 Å². The molecule has 0 spiro atoms. The van der Waals surface area contributed by atoms with E-state index in [9.17, 15) is 5.26 Å². The maximum atomic E-state index is 10.1. The third kappa shape index (κ3) is 3.59. The number of allylic oxidation sites excluding steroid dienone is 12. The fourth-order valence-electron chi connectivity index (χ4n) is 8.84. The van der Waals surface area contributed by atoms with Crippen LogP contribution < -0.4 is 0 Å². The van der Waals surface area contributed by atoms with Gasteiger partial charge in [0.15, 0.2) is 0 Å². The summed E-state index contributed by atoms with van der Waals surface area (Å²) in [7, 11) is 0. The van der Waals surface area contributed by atoms with Crippen molar-refractivity contribution >= 4 is 27.5 Å². The van der Waals surface area contributed by atoms with E-state index < -0.39 is 0 Å². The molecule has 44 heavy (non-hydrogen) atoms. The van der Waals surface area contributed by atoms with Crippen LogP contribution in [0.5, 0.6) is 0 Å². The minimum absolute atomic E-state index is 0.179. The van der Waals surface area contributed by atoms with Crippen molar-refractivity contribution in [1.82, 2.24) is 4.57 Å². The van der Waals surface area contributed by atoms with E-state index in [0.29, 0.717) is 5.92 Å². The van der Waals surface area contributed by atoms with Crippen LogP contribution in [-0.2, 0) is 5.41 Å². The summed E-state index contributed by atoms with van der Waals surface area (Å²) in [6, 6.07) is 28.0. The van der Waals surface area contributed by atoms with E-state index in [2.05, 4.69) is 154 Å². The van der Waals surface area contributed by atoms with Crippen LogP contribution in [0, 0.1) is 41.4 Å². The van der Waals surface area contributed by atoms with Crippen LogP contribution in [-0.4, -0.2) is 4.57 Å². The second-order valence-corrected chi connectivity index (χ2v) is 13.7. The Bertz CT molecular complexity index is 2080. The second-order valence-electron chi connectivity index (χ2n) is 13.7. The highest BCUT2D eigenvalue weighted by molar-refractivity contribution is 6.10. The predicted octanol–water partition coefficient (Wildman–Crippen LogP) is 10.4. The summed E-state index contributed by atoms with van der Waals surface area (Å²) in [5.74, 6) is 0.880. The number of benzene rings is 3. The number of aryl methyl sites for hydroxylation is 1. The molecule has 4 aliphatic carbocycles. The van der Waals surface area contributed by atoms with Gasteiger partial charge in [-0.15, -0.1) is 0 Å². The fourth-order valence-corrected chi connectivity index (χ4v) is 8.84. The zero-order chi connectivity index (χ0) is 30.2. The Morgan fingerprint density at radius 1 is 0.909 bits per heavy atom. The van der Waals surface area contributed by atoms with Crippen LogP contribution >= 0.6 is 0 Å². The van der Waals surface area contributed by atoms with E-state index in [4.69, 9.17) is 0 Å². The Labute approximate surface area is 260 Å². The lowest BCUT2D eigenvalue weighted by Crippen LogP contribution is -2.40. The molecular weight excluding hydrogens is 532 g/mol. The topological polar surface area (TPSA) is 28.7 Å². The van der Waals surface area contributed by atoms with Gasteiger partial charge in [0.05, 0.1) is 17.1 Å². The summed E-state index contributed by atoms with van der Waals surface area (Å²) < 4.78 is 2.45. The first-order chi connectivity index (χ1) is 21.4. The molecule has 0 saturated heterocycles. The molecule has 0 radical (unpaired) electrons. The SMILES string of the molecule is Cc1ccc(C2(c3ccc4c(c3)c3ccccc3n4C3=CC(C)CC=C3)C3=C(C=C(C#N)C(C)C3)C3(C)C=CC=CC32)cc1. The molecule has 1 aromatic heterocycles. The second kappa shape index (κ2) is 9.70. The molecule has 0 bridgehead atoms. The molecule has 8 rings (SSSR count). The number of hydrogen-bond donors (Lipinski definition) is 0. The molecule has 2 nitrogen and oxygen atoms in total. The van der Waals surface area contributed by atoms with Gasteiger partial charge in [0.2, 0.25) is 0 Å². The predicted molar refractivity (Wildman–Crippen MR) is 183 cm³/mol. The summed E-state index contributed by atoms with van der Waals surface area (Å²) in [6.45, 7) is 9.08. The van der Waals surface area contributed by atoms with Gasteiger partial charge in [-0.3, -0.25) is 0 Å². The van der Waals surface area contributed by atoms with Crippen LogP contribution in [0.2, 0.25) is 0 Å². The average Bonchev–Trinajstić information content (AvgIpc) is 3.48. The molecule has 4 aromatic rings. The highest BCUT2D eigenvalue weighted by Gasteiger charge is 2.59. The number of fused-ring (bicyclic) bond motifs is 5. The number of rotatable bonds is 3. The molecule has 3 aromatic carbocycles. The van der Waals surface area contributed by atoms with E-state index in [-0.39, 0.29) is 22.7 Å². The molecular formula is C42H38N2. The van der Waals surface area contributed by atoms with Crippen LogP contribution in [0.15, 0.2) is 132 Å². The molecule has 0 aliphatic heterocycles. The van der Waals surface area contributed by atoms with Crippen molar-refractivity contribution in [3.63, 3.8) is 0 Å². The molecule has 0 fully saturated rings. The van der Waals surface area contributed by atoms with E-state index in [1.165, 1.54) is 55.3 Å². The van der Waals surface area contributed by atoms with Crippen LogP contribution in [0.3, 0.4) is 0 Å². The molecule has 0 amide bonds. The van der Waals surface area contributed by atoms with Gasteiger partial charge in [0, 0.05) is 38.8 Å². The first-order valence-corrected chi connectivity index (χ1v) is 16.1.